The molecule has 0 aromatic heterocycles. The molecule has 90 valence electrons. The molecule has 0 saturated heterocycles. The second-order valence-corrected chi connectivity index (χ2v) is 3.81. The van der Waals surface area contributed by atoms with Gasteiger partial charge in [0, 0.05) is 11.8 Å². The number of carboxylic acids is 1. The van der Waals surface area contributed by atoms with Gasteiger partial charge in [0.05, 0.1) is 0 Å². The van der Waals surface area contributed by atoms with E-state index in [0.29, 0.717) is 5.69 Å². The van der Waals surface area contributed by atoms with Crippen LogP contribution in [-0.2, 0) is 9.59 Å². The third kappa shape index (κ3) is 2.56. The fourth-order valence-corrected chi connectivity index (χ4v) is 1.70. The molecule has 0 spiro atoms. The van der Waals surface area contributed by atoms with Gasteiger partial charge < -0.3 is 10.4 Å². The number of aliphatic carboxylic acids is 1. The summed E-state index contributed by atoms with van der Waals surface area (Å²) in [6.45, 7) is 0. The van der Waals surface area contributed by atoms with Crippen molar-refractivity contribution in [3.8, 4) is 0 Å². The Morgan fingerprint density at radius 2 is 1.94 bits per heavy atom. The lowest BCUT2D eigenvalue weighted by molar-refractivity contribution is -0.136. The molecule has 0 heterocycles. The van der Waals surface area contributed by atoms with Crippen LogP contribution in [0, 0.1) is 0 Å². The second-order valence-electron chi connectivity index (χ2n) is 3.81. The highest BCUT2D eigenvalue weighted by Crippen LogP contribution is 2.19. The van der Waals surface area contributed by atoms with Crippen molar-refractivity contribution < 1.29 is 14.7 Å². The number of rotatable bonds is 4. The molecule has 18 heavy (non-hydrogen) atoms. The zero-order chi connectivity index (χ0) is 13.0. The number of carboxylic acid groups (broad SMARTS) is 1. The second kappa shape index (κ2) is 5.17. The SMILES string of the molecule is O=C=CC(Nc1ccc2ccccc2c1)C(=O)O. The molecule has 0 radical (unpaired) electrons. The van der Waals surface area contributed by atoms with Crippen molar-refractivity contribution in [1.29, 1.82) is 0 Å². The molecule has 0 bridgehead atoms. The molecule has 0 aliphatic carbocycles. The van der Waals surface area contributed by atoms with Crippen molar-refractivity contribution in [3.05, 3.63) is 48.5 Å². The quantitative estimate of drug-likeness (QED) is 0.804. The highest BCUT2D eigenvalue weighted by atomic mass is 16.4. The molecule has 2 N–H and O–H groups in total. The van der Waals surface area contributed by atoms with Crippen molar-refractivity contribution in [2.24, 2.45) is 0 Å². The molecule has 4 nitrogen and oxygen atoms in total. The van der Waals surface area contributed by atoms with Gasteiger partial charge in [-0.25, -0.2) is 9.59 Å². The van der Waals surface area contributed by atoms with E-state index in [1.807, 2.05) is 36.4 Å². The molecule has 0 aliphatic heterocycles. The Bertz CT molecular complexity index is 628. The maximum absolute atomic E-state index is 10.9. The Labute approximate surface area is 104 Å². The fourth-order valence-electron chi connectivity index (χ4n) is 1.70. The molecule has 0 fully saturated rings. The van der Waals surface area contributed by atoms with Crippen molar-refractivity contribution in [3.63, 3.8) is 0 Å². The normalized spacial score (nSPS) is 11.6. The lowest BCUT2D eigenvalue weighted by atomic mass is 10.1. The molecule has 0 aliphatic rings. The molecule has 2 rings (SSSR count). The Balaban J connectivity index is 2.31. The predicted octanol–water partition coefficient (Wildman–Crippen LogP) is 2.09. The minimum Gasteiger partial charge on any atom is -0.479 e. The summed E-state index contributed by atoms with van der Waals surface area (Å²) in [5.74, 6) is 0.369. The topological polar surface area (TPSA) is 66.4 Å². The fraction of sp³-hybridized carbons (Fsp3) is 0.0714. The summed E-state index contributed by atoms with van der Waals surface area (Å²) in [4.78, 5) is 21.1. The number of hydrogen-bond acceptors (Lipinski definition) is 3. The number of fused-ring (bicyclic) bond motifs is 1. The predicted molar refractivity (Wildman–Crippen MR) is 69.3 cm³/mol. The summed E-state index contributed by atoms with van der Waals surface area (Å²) in [5.41, 5.74) is 0.646. The van der Waals surface area contributed by atoms with Gasteiger partial charge in [-0.1, -0.05) is 30.3 Å². The van der Waals surface area contributed by atoms with E-state index < -0.39 is 12.0 Å². The van der Waals surface area contributed by atoms with Crippen LogP contribution < -0.4 is 5.32 Å². The lowest BCUT2D eigenvalue weighted by Crippen LogP contribution is -2.27. The van der Waals surface area contributed by atoms with Crippen LogP contribution in [0.2, 0.25) is 0 Å². The summed E-state index contributed by atoms with van der Waals surface area (Å²) in [6.07, 6.45) is 0.942. The maximum Gasteiger partial charge on any atom is 0.330 e. The van der Waals surface area contributed by atoms with E-state index in [1.54, 1.807) is 6.07 Å². The van der Waals surface area contributed by atoms with Crippen LogP contribution in [0.5, 0.6) is 0 Å². The van der Waals surface area contributed by atoms with Gasteiger partial charge >= 0.3 is 5.97 Å². The number of anilines is 1. The number of hydrogen-bond donors (Lipinski definition) is 2. The Kier molecular flexibility index (Phi) is 3.41. The first-order chi connectivity index (χ1) is 8.70. The highest BCUT2D eigenvalue weighted by Gasteiger charge is 2.13. The number of carbonyl (C=O) groups excluding carboxylic acids is 1. The van der Waals surface area contributed by atoms with Gasteiger partial charge in [0.15, 0.2) is 6.04 Å². The van der Waals surface area contributed by atoms with Gasteiger partial charge in [0.25, 0.3) is 0 Å². The maximum atomic E-state index is 10.9. The van der Waals surface area contributed by atoms with Gasteiger partial charge in [-0.05, 0) is 22.9 Å². The largest absolute Gasteiger partial charge is 0.479 e. The van der Waals surface area contributed by atoms with Crippen molar-refractivity contribution >= 4 is 28.4 Å². The lowest BCUT2D eigenvalue weighted by Gasteiger charge is -2.11. The monoisotopic (exact) mass is 241 g/mol. The third-order valence-corrected chi connectivity index (χ3v) is 2.57. The van der Waals surface area contributed by atoms with Gasteiger partial charge in [-0.15, -0.1) is 0 Å². The van der Waals surface area contributed by atoms with Gasteiger partial charge in [-0.3, -0.25) is 0 Å². The Hall–Kier alpha value is -2.58. The Morgan fingerprint density at radius 1 is 1.22 bits per heavy atom. The smallest absolute Gasteiger partial charge is 0.330 e. The van der Waals surface area contributed by atoms with Crippen LogP contribution in [0.1, 0.15) is 0 Å². The van der Waals surface area contributed by atoms with E-state index in [9.17, 15) is 9.59 Å². The summed E-state index contributed by atoms with van der Waals surface area (Å²) < 4.78 is 0. The zero-order valence-electron chi connectivity index (χ0n) is 9.46. The van der Waals surface area contributed by atoms with Gasteiger partial charge in [0.2, 0.25) is 0 Å². The summed E-state index contributed by atoms with van der Waals surface area (Å²) >= 11 is 0. The minimum atomic E-state index is -1.12. The number of carbonyl (C=O) groups is 1. The van der Waals surface area contributed by atoms with Crippen LogP contribution in [0.15, 0.2) is 48.5 Å². The number of nitrogens with one attached hydrogen (secondary N) is 1. The van der Waals surface area contributed by atoms with E-state index in [4.69, 9.17) is 5.11 Å². The average molecular weight is 241 g/mol. The van der Waals surface area contributed by atoms with Gasteiger partial charge in [0.1, 0.15) is 5.94 Å². The van der Waals surface area contributed by atoms with Crippen molar-refractivity contribution in [1.82, 2.24) is 0 Å². The van der Waals surface area contributed by atoms with Crippen LogP contribution in [0.25, 0.3) is 10.8 Å². The van der Waals surface area contributed by atoms with Gasteiger partial charge in [-0.2, -0.15) is 0 Å². The first kappa shape index (κ1) is 11.9. The summed E-state index contributed by atoms with van der Waals surface area (Å²) in [6, 6.07) is 12.2. The van der Waals surface area contributed by atoms with Crippen LogP contribution in [-0.4, -0.2) is 23.1 Å². The minimum absolute atomic E-state index is 0.646. The average Bonchev–Trinajstić information content (AvgIpc) is 2.38. The molecule has 0 saturated carbocycles. The standard InChI is InChI=1S/C14H11NO3/c16-8-7-13(14(17)18)15-12-6-5-10-3-1-2-4-11(10)9-12/h1-7,9,13,15H,(H,17,18). The van der Waals surface area contributed by atoms with E-state index in [-0.39, 0.29) is 0 Å². The third-order valence-electron chi connectivity index (χ3n) is 2.57. The molecular weight excluding hydrogens is 230 g/mol. The van der Waals surface area contributed by atoms with E-state index in [2.05, 4.69) is 5.32 Å². The van der Waals surface area contributed by atoms with Crippen LogP contribution in [0.3, 0.4) is 0 Å². The van der Waals surface area contributed by atoms with E-state index >= 15 is 0 Å². The van der Waals surface area contributed by atoms with E-state index in [0.717, 1.165) is 16.8 Å². The summed E-state index contributed by atoms with van der Waals surface area (Å²) in [5, 5.41) is 13.7. The highest BCUT2D eigenvalue weighted by molar-refractivity contribution is 5.87. The van der Waals surface area contributed by atoms with Crippen LogP contribution in [0.4, 0.5) is 5.69 Å². The Morgan fingerprint density at radius 3 is 2.61 bits per heavy atom. The van der Waals surface area contributed by atoms with Crippen LogP contribution >= 0.6 is 0 Å². The first-order valence-electron chi connectivity index (χ1n) is 5.40. The zero-order valence-corrected chi connectivity index (χ0v) is 9.46. The molecule has 1 unspecified atom stereocenters. The molecule has 0 amide bonds. The number of benzene rings is 2. The molecule has 2 aromatic rings. The first-order valence-corrected chi connectivity index (χ1v) is 5.40. The van der Waals surface area contributed by atoms with Crippen molar-refractivity contribution in [2.45, 2.75) is 6.04 Å². The summed E-state index contributed by atoms with van der Waals surface area (Å²) in [7, 11) is 0. The molecular formula is C14H11NO3. The molecule has 2 aromatic carbocycles. The van der Waals surface area contributed by atoms with Crippen molar-refractivity contribution in [2.75, 3.05) is 5.32 Å². The molecule has 4 heteroatoms. The molecule has 1 atom stereocenters. The van der Waals surface area contributed by atoms with E-state index in [1.165, 1.54) is 5.94 Å².